The number of nitrogens with two attached hydrogens (primary N) is 1. The van der Waals surface area contributed by atoms with Crippen LogP contribution < -0.4 is 5.73 Å². The van der Waals surface area contributed by atoms with Crippen molar-refractivity contribution in [1.82, 2.24) is 9.88 Å². The molecule has 0 aliphatic carbocycles. The summed E-state index contributed by atoms with van der Waals surface area (Å²) in [5.74, 6) is 0.0563. The molecule has 2 heterocycles. The van der Waals surface area contributed by atoms with Crippen LogP contribution in [-0.4, -0.2) is 34.9 Å². The summed E-state index contributed by atoms with van der Waals surface area (Å²) in [6.07, 6.45) is 3.70. The molecule has 4 nitrogen and oxygen atoms in total. The van der Waals surface area contributed by atoms with Crippen molar-refractivity contribution in [2.24, 2.45) is 5.73 Å². The van der Waals surface area contributed by atoms with E-state index in [0.29, 0.717) is 12.1 Å². The first-order valence-corrected chi connectivity index (χ1v) is 5.65. The van der Waals surface area contributed by atoms with Crippen molar-refractivity contribution >= 4 is 30.7 Å². The van der Waals surface area contributed by atoms with Gasteiger partial charge in [-0.05, 0) is 31.9 Å². The van der Waals surface area contributed by atoms with Gasteiger partial charge in [0.1, 0.15) is 0 Å². The Balaban J connectivity index is 0.00000144. The molecule has 18 heavy (non-hydrogen) atoms. The zero-order chi connectivity index (χ0) is 11.5. The molecule has 102 valence electrons. The van der Waals surface area contributed by atoms with Gasteiger partial charge in [0, 0.05) is 31.0 Å². The quantitative estimate of drug-likeness (QED) is 0.858. The van der Waals surface area contributed by atoms with E-state index < -0.39 is 0 Å². The molecule has 0 bridgehead atoms. The summed E-state index contributed by atoms with van der Waals surface area (Å²) in [5.41, 5.74) is 7.34. The lowest BCUT2D eigenvalue weighted by Gasteiger charge is -2.31. The third kappa shape index (κ3) is 3.83. The van der Waals surface area contributed by atoms with Gasteiger partial charge in [-0.3, -0.25) is 9.78 Å². The van der Waals surface area contributed by atoms with Gasteiger partial charge >= 0.3 is 0 Å². The van der Waals surface area contributed by atoms with E-state index in [1.807, 2.05) is 17.9 Å². The standard InChI is InChI=1S/C12H17N3O.2ClH/c1-9-11(5-2-6-14-9)12(16)15-7-3-4-10(13)8-15;;/h2,5-6,10H,3-4,7-8,13H2,1H3;2*1H/t10-;;/m1../s1. The van der Waals surface area contributed by atoms with Crippen molar-refractivity contribution in [3.8, 4) is 0 Å². The number of piperidine rings is 1. The predicted octanol–water partition coefficient (Wildman–Crippen LogP) is 1.80. The van der Waals surface area contributed by atoms with Crippen LogP contribution in [0.1, 0.15) is 28.9 Å². The van der Waals surface area contributed by atoms with E-state index in [0.717, 1.165) is 25.1 Å². The number of pyridine rings is 1. The fourth-order valence-electron chi connectivity index (χ4n) is 2.08. The van der Waals surface area contributed by atoms with Gasteiger partial charge in [-0.25, -0.2) is 0 Å². The zero-order valence-corrected chi connectivity index (χ0v) is 12.0. The Kier molecular flexibility index (Phi) is 7.21. The molecule has 1 aliphatic rings. The van der Waals surface area contributed by atoms with Crippen molar-refractivity contribution in [3.05, 3.63) is 29.6 Å². The fourth-order valence-corrected chi connectivity index (χ4v) is 2.08. The third-order valence-corrected chi connectivity index (χ3v) is 2.98. The molecule has 1 aromatic rings. The van der Waals surface area contributed by atoms with Gasteiger partial charge in [-0.15, -0.1) is 24.8 Å². The van der Waals surface area contributed by atoms with E-state index in [2.05, 4.69) is 4.98 Å². The SMILES string of the molecule is Cc1ncccc1C(=O)N1CCC[C@@H](N)C1.Cl.Cl. The zero-order valence-electron chi connectivity index (χ0n) is 10.3. The minimum atomic E-state index is 0. The number of aromatic nitrogens is 1. The van der Waals surface area contributed by atoms with Crippen molar-refractivity contribution < 1.29 is 4.79 Å². The topological polar surface area (TPSA) is 59.2 Å². The number of rotatable bonds is 1. The van der Waals surface area contributed by atoms with E-state index in [1.165, 1.54) is 0 Å². The van der Waals surface area contributed by atoms with Crippen molar-refractivity contribution in [1.29, 1.82) is 0 Å². The molecule has 1 fully saturated rings. The first-order valence-electron chi connectivity index (χ1n) is 5.65. The second-order valence-electron chi connectivity index (χ2n) is 4.29. The summed E-state index contributed by atoms with van der Waals surface area (Å²) in [6, 6.07) is 3.74. The van der Waals surface area contributed by atoms with Crippen LogP contribution in [0.15, 0.2) is 18.3 Å². The Hall–Kier alpha value is -0.840. The number of hydrogen-bond acceptors (Lipinski definition) is 3. The van der Waals surface area contributed by atoms with Crippen LogP contribution in [0.25, 0.3) is 0 Å². The normalized spacial score (nSPS) is 18.6. The first-order chi connectivity index (χ1) is 7.68. The van der Waals surface area contributed by atoms with Crippen molar-refractivity contribution in [2.45, 2.75) is 25.8 Å². The molecule has 0 aromatic carbocycles. The van der Waals surface area contributed by atoms with E-state index >= 15 is 0 Å². The van der Waals surface area contributed by atoms with Crippen molar-refractivity contribution in [2.75, 3.05) is 13.1 Å². The van der Waals surface area contributed by atoms with Crippen LogP contribution in [0, 0.1) is 6.92 Å². The molecule has 2 rings (SSSR count). The highest BCUT2D eigenvalue weighted by Gasteiger charge is 2.23. The minimum absolute atomic E-state index is 0. The highest BCUT2D eigenvalue weighted by Crippen LogP contribution is 2.14. The maximum absolute atomic E-state index is 12.2. The van der Waals surface area contributed by atoms with Gasteiger partial charge in [0.25, 0.3) is 5.91 Å². The van der Waals surface area contributed by atoms with E-state index in [4.69, 9.17) is 5.73 Å². The van der Waals surface area contributed by atoms with Crippen molar-refractivity contribution in [3.63, 3.8) is 0 Å². The van der Waals surface area contributed by atoms with Crippen LogP contribution in [-0.2, 0) is 0 Å². The van der Waals surface area contributed by atoms with E-state index in [9.17, 15) is 4.79 Å². The van der Waals surface area contributed by atoms with Gasteiger partial charge in [0.05, 0.1) is 5.56 Å². The van der Waals surface area contributed by atoms with Gasteiger partial charge in [0.15, 0.2) is 0 Å². The van der Waals surface area contributed by atoms with Crippen LogP contribution >= 0.6 is 24.8 Å². The molecule has 1 aromatic heterocycles. The summed E-state index contributed by atoms with van der Waals surface area (Å²) in [6.45, 7) is 3.32. The lowest BCUT2D eigenvalue weighted by Crippen LogP contribution is -2.45. The Morgan fingerprint density at radius 2 is 2.22 bits per heavy atom. The molecular weight excluding hydrogens is 273 g/mol. The van der Waals surface area contributed by atoms with Crippen LogP contribution in [0.3, 0.4) is 0 Å². The summed E-state index contributed by atoms with van der Waals surface area (Å²) in [7, 11) is 0. The molecule has 1 aliphatic heterocycles. The number of carbonyl (C=O) groups excluding carboxylic acids is 1. The lowest BCUT2D eigenvalue weighted by atomic mass is 10.1. The molecule has 1 saturated heterocycles. The number of likely N-dealkylation sites (tertiary alicyclic amines) is 1. The first kappa shape index (κ1) is 17.2. The molecule has 0 spiro atoms. The monoisotopic (exact) mass is 291 g/mol. The number of carbonyl (C=O) groups is 1. The Morgan fingerprint density at radius 3 is 2.83 bits per heavy atom. The maximum atomic E-state index is 12.2. The Morgan fingerprint density at radius 1 is 1.50 bits per heavy atom. The average Bonchev–Trinajstić information content (AvgIpc) is 2.29. The lowest BCUT2D eigenvalue weighted by molar-refractivity contribution is 0.0707. The average molecular weight is 292 g/mol. The van der Waals surface area contributed by atoms with Gasteiger partial charge in [-0.2, -0.15) is 0 Å². The molecule has 0 radical (unpaired) electrons. The number of halogens is 2. The number of amides is 1. The third-order valence-electron chi connectivity index (χ3n) is 2.98. The maximum Gasteiger partial charge on any atom is 0.255 e. The largest absolute Gasteiger partial charge is 0.337 e. The smallest absolute Gasteiger partial charge is 0.255 e. The summed E-state index contributed by atoms with van der Waals surface area (Å²) in [4.78, 5) is 18.2. The molecule has 2 N–H and O–H groups in total. The second kappa shape index (κ2) is 7.56. The molecule has 1 atom stereocenters. The number of nitrogens with zero attached hydrogens (tertiary/aromatic N) is 2. The van der Waals surface area contributed by atoms with Crippen LogP contribution in [0.5, 0.6) is 0 Å². The Bertz CT molecular complexity index is 401. The molecule has 6 heteroatoms. The van der Waals surface area contributed by atoms with Gasteiger partial charge < -0.3 is 10.6 Å². The number of hydrogen-bond donors (Lipinski definition) is 1. The molecule has 0 saturated carbocycles. The summed E-state index contributed by atoms with van der Waals surface area (Å²) < 4.78 is 0. The van der Waals surface area contributed by atoms with Gasteiger partial charge in [0.2, 0.25) is 0 Å². The molecular formula is C12H19Cl2N3O. The Labute approximate surface area is 120 Å². The van der Waals surface area contributed by atoms with Gasteiger partial charge in [-0.1, -0.05) is 0 Å². The summed E-state index contributed by atoms with van der Waals surface area (Å²) in [5, 5.41) is 0. The fraction of sp³-hybridized carbons (Fsp3) is 0.500. The highest BCUT2D eigenvalue weighted by molar-refractivity contribution is 5.95. The summed E-state index contributed by atoms with van der Waals surface area (Å²) >= 11 is 0. The predicted molar refractivity (Wildman–Crippen MR) is 76.6 cm³/mol. The van der Waals surface area contributed by atoms with E-state index in [-0.39, 0.29) is 36.8 Å². The minimum Gasteiger partial charge on any atom is -0.337 e. The second-order valence-corrected chi connectivity index (χ2v) is 4.29. The van der Waals surface area contributed by atoms with Crippen LogP contribution in [0.4, 0.5) is 0 Å². The van der Waals surface area contributed by atoms with E-state index in [1.54, 1.807) is 12.3 Å². The molecule has 1 amide bonds. The molecule has 0 unspecified atom stereocenters. The van der Waals surface area contributed by atoms with Crippen LogP contribution in [0.2, 0.25) is 0 Å². The number of aryl methyl sites for hydroxylation is 1. The highest BCUT2D eigenvalue weighted by atomic mass is 35.5.